The van der Waals surface area contributed by atoms with Crippen molar-refractivity contribution in [3.05, 3.63) is 28.3 Å². The Kier molecular flexibility index (Phi) is 3.35. The molecule has 82 valence electrons. The largest absolute Gasteiger partial charge is 0.496 e. The lowest BCUT2D eigenvalue weighted by Crippen LogP contribution is -2.17. The smallest absolute Gasteiger partial charge is 0.125 e. The molecule has 0 atom stereocenters. The number of methoxy groups -OCH3 is 1. The number of ether oxygens (including phenoxy) is 1. The van der Waals surface area contributed by atoms with Gasteiger partial charge in [0.25, 0.3) is 0 Å². The van der Waals surface area contributed by atoms with Gasteiger partial charge in [-0.05, 0) is 43.5 Å². The Hall–Kier alpha value is -1.51. The molecule has 0 spiro atoms. The second-order valence-corrected chi connectivity index (χ2v) is 3.63. The van der Waals surface area contributed by atoms with E-state index >= 15 is 0 Å². The summed E-state index contributed by atoms with van der Waals surface area (Å²) in [6.07, 6.45) is 0. The fourth-order valence-corrected chi connectivity index (χ4v) is 1.76. The van der Waals surface area contributed by atoms with E-state index in [0.29, 0.717) is 5.84 Å². The van der Waals surface area contributed by atoms with Crippen molar-refractivity contribution in [1.29, 1.82) is 0 Å². The van der Waals surface area contributed by atoms with E-state index in [9.17, 15) is 0 Å². The first kappa shape index (κ1) is 11.6. The van der Waals surface area contributed by atoms with Crippen molar-refractivity contribution in [3.8, 4) is 5.75 Å². The van der Waals surface area contributed by atoms with Crippen LogP contribution in [0.3, 0.4) is 0 Å². The van der Waals surface area contributed by atoms with E-state index in [1.165, 1.54) is 0 Å². The van der Waals surface area contributed by atoms with Crippen LogP contribution in [-0.4, -0.2) is 20.0 Å². The number of nitrogens with zero attached hydrogens (tertiary/aromatic N) is 1. The summed E-state index contributed by atoms with van der Waals surface area (Å²) < 4.78 is 5.29. The summed E-state index contributed by atoms with van der Waals surface area (Å²) in [4.78, 5) is 4.03. The molecule has 3 heteroatoms. The quantitative estimate of drug-likeness (QED) is 0.594. The molecule has 0 heterocycles. The molecule has 2 N–H and O–H groups in total. The van der Waals surface area contributed by atoms with E-state index < -0.39 is 0 Å². The number of amidine groups is 1. The van der Waals surface area contributed by atoms with Gasteiger partial charge in [-0.15, -0.1) is 0 Å². The van der Waals surface area contributed by atoms with Crippen molar-refractivity contribution >= 4 is 5.84 Å². The van der Waals surface area contributed by atoms with Gasteiger partial charge in [-0.2, -0.15) is 0 Å². The third kappa shape index (κ3) is 1.96. The Morgan fingerprint density at radius 2 is 1.87 bits per heavy atom. The fourth-order valence-electron chi connectivity index (χ4n) is 1.76. The molecule has 0 aromatic heterocycles. The highest BCUT2D eigenvalue weighted by Gasteiger charge is 2.12. The second kappa shape index (κ2) is 4.34. The van der Waals surface area contributed by atoms with Crippen molar-refractivity contribution in [2.75, 3.05) is 14.2 Å². The Bertz CT molecular complexity index is 409. The molecule has 0 fully saturated rings. The van der Waals surface area contributed by atoms with Crippen molar-refractivity contribution in [2.45, 2.75) is 20.8 Å². The molecular formula is C12H18N2O. The van der Waals surface area contributed by atoms with Gasteiger partial charge in [-0.3, -0.25) is 4.99 Å². The van der Waals surface area contributed by atoms with E-state index in [4.69, 9.17) is 10.5 Å². The van der Waals surface area contributed by atoms with Crippen LogP contribution in [-0.2, 0) is 0 Å². The normalized spacial score (nSPS) is 11.7. The fraction of sp³-hybridized carbons (Fsp3) is 0.417. The van der Waals surface area contributed by atoms with Crippen LogP contribution in [0.15, 0.2) is 11.1 Å². The molecule has 0 saturated carbocycles. The first-order valence-corrected chi connectivity index (χ1v) is 4.90. The van der Waals surface area contributed by atoms with E-state index in [0.717, 1.165) is 28.0 Å². The first-order chi connectivity index (χ1) is 7.02. The number of rotatable bonds is 2. The molecule has 0 radical (unpaired) electrons. The highest BCUT2D eigenvalue weighted by molar-refractivity contribution is 6.00. The van der Waals surface area contributed by atoms with Gasteiger partial charge in [0.2, 0.25) is 0 Å². The molecule has 0 saturated heterocycles. The van der Waals surface area contributed by atoms with Crippen LogP contribution in [0.25, 0.3) is 0 Å². The topological polar surface area (TPSA) is 47.6 Å². The minimum Gasteiger partial charge on any atom is -0.496 e. The van der Waals surface area contributed by atoms with Crippen LogP contribution in [0, 0.1) is 20.8 Å². The number of hydrogen-bond acceptors (Lipinski definition) is 2. The maximum atomic E-state index is 5.87. The van der Waals surface area contributed by atoms with Crippen molar-refractivity contribution in [1.82, 2.24) is 0 Å². The molecule has 0 amide bonds. The standard InChI is InChI=1S/C12H18N2O/c1-7-6-10(15-5)8(2)9(3)11(7)12(13)14-4/h6H,1-5H3,(H2,13,14). The number of benzene rings is 1. The van der Waals surface area contributed by atoms with Gasteiger partial charge in [0.05, 0.1) is 7.11 Å². The summed E-state index contributed by atoms with van der Waals surface area (Å²) in [7, 11) is 3.38. The van der Waals surface area contributed by atoms with E-state index in [1.807, 2.05) is 26.8 Å². The van der Waals surface area contributed by atoms with Gasteiger partial charge in [-0.1, -0.05) is 0 Å². The molecule has 1 aromatic carbocycles. The van der Waals surface area contributed by atoms with Crippen molar-refractivity contribution in [2.24, 2.45) is 10.7 Å². The monoisotopic (exact) mass is 206 g/mol. The SMILES string of the molecule is CN=C(N)c1c(C)cc(OC)c(C)c1C. The van der Waals surface area contributed by atoms with Gasteiger partial charge < -0.3 is 10.5 Å². The minimum atomic E-state index is 0.579. The maximum Gasteiger partial charge on any atom is 0.125 e. The highest BCUT2D eigenvalue weighted by Crippen LogP contribution is 2.27. The Labute approximate surface area is 91.0 Å². The molecule has 0 aliphatic heterocycles. The summed E-state index contributed by atoms with van der Waals surface area (Å²) >= 11 is 0. The van der Waals surface area contributed by atoms with Gasteiger partial charge >= 0.3 is 0 Å². The van der Waals surface area contributed by atoms with E-state index in [1.54, 1.807) is 14.2 Å². The van der Waals surface area contributed by atoms with Crippen LogP contribution in [0.1, 0.15) is 22.3 Å². The molecule has 0 bridgehead atoms. The van der Waals surface area contributed by atoms with Crippen LogP contribution in [0.5, 0.6) is 5.75 Å². The number of hydrogen-bond donors (Lipinski definition) is 1. The number of nitrogens with two attached hydrogens (primary N) is 1. The zero-order chi connectivity index (χ0) is 11.6. The van der Waals surface area contributed by atoms with E-state index in [2.05, 4.69) is 4.99 Å². The predicted octanol–water partition coefficient (Wildman–Crippen LogP) is 1.96. The van der Waals surface area contributed by atoms with Gasteiger partial charge in [-0.25, -0.2) is 0 Å². The lowest BCUT2D eigenvalue weighted by atomic mass is 9.96. The average Bonchev–Trinajstić information content (AvgIpc) is 2.23. The maximum absolute atomic E-state index is 5.87. The summed E-state index contributed by atoms with van der Waals surface area (Å²) in [5.74, 6) is 1.48. The summed E-state index contributed by atoms with van der Waals surface area (Å²) in [6.45, 7) is 6.08. The molecule has 1 rings (SSSR count). The summed E-state index contributed by atoms with van der Waals surface area (Å²) in [6, 6.07) is 2.00. The molecular weight excluding hydrogens is 188 g/mol. The Balaban J connectivity index is 3.49. The van der Waals surface area contributed by atoms with Crippen molar-refractivity contribution in [3.63, 3.8) is 0 Å². The zero-order valence-electron chi connectivity index (χ0n) is 10.0. The average molecular weight is 206 g/mol. The lowest BCUT2D eigenvalue weighted by Gasteiger charge is -2.15. The molecule has 0 aliphatic rings. The molecule has 0 unspecified atom stereocenters. The molecule has 0 aliphatic carbocycles. The van der Waals surface area contributed by atoms with Gasteiger partial charge in [0.15, 0.2) is 0 Å². The third-order valence-corrected chi connectivity index (χ3v) is 2.77. The van der Waals surface area contributed by atoms with Crippen LogP contribution in [0.4, 0.5) is 0 Å². The van der Waals surface area contributed by atoms with Crippen molar-refractivity contribution < 1.29 is 4.74 Å². The Morgan fingerprint density at radius 1 is 1.27 bits per heavy atom. The molecule has 1 aromatic rings. The highest BCUT2D eigenvalue weighted by atomic mass is 16.5. The van der Waals surface area contributed by atoms with Crippen LogP contribution >= 0.6 is 0 Å². The van der Waals surface area contributed by atoms with Gasteiger partial charge in [0, 0.05) is 12.6 Å². The van der Waals surface area contributed by atoms with E-state index in [-0.39, 0.29) is 0 Å². The minimum absolute atomic E-state index is 0.579. The second-order valence-electron chi connectivity index (χ2n) is 3.63. The lowest BCUT2D eigenvalue weighted by molar-refractivity contribution is 0.411. The zero-order valence-corrected chi connectivity index (χ0v) is 10.0. The number of aliphatic imine (C=N–C) groups is 1. The van der Waals surface area contributed by atoms with Crippen LogP contribution < -0.4 is 10.5 Å². The summed E-state index contributed by atoms with van der Waals surface area (Å²) in [5, 5.41) is 0. The summed E-state index contributed by atoms with van der Waals surface area (Å²) in [5.41, 5.74) is 10.2. The number of aryl methyl sites for hydroxylation is 1. The predicted molar refractivity (Wildman–Crippen MR) is 63.9 cm³/mol. The third-order valence-electron chi connectivity index (χ3n) is 2.77. The molecule has 15 heavy (non-hydrogen) atoms. The van der Waals surface area contributed by atoms with Crippen LogP contribution in [0.2, 0.25) is 0 Å². The Morgan fingerprint density at radius 3 is 2.33 bits per heavy atom. The van der Waals surface area contributed by atoms with Gasteiger partial charge in [0.1, 0.15) is 11.6 Å². The first-order valence-electron chi connectivity index (χ1n) is 4.90. The molecule has 3 nitrogen and oxygen atoms in total.